The fourth-order valence-electron chi connectivity index (χ4n) is 5.93. The number of alkyl halides is 3. The highest BCUT2D eigenvalue weighted by Gasteiger charge is 2.35. The second-order valence-electron chi connectivity index (χ2n) is 13.4. The molecule has 1 heterocycles. The monoisotopic (exact) mass is 909 g/mol. The highest BCUT2D eigenvalue weighted by molar-refractivity contribution is 7.92. The van der Waals surface area contributed by atoms with Crippen LogP contribution in [0.2, 0.25) is 0 Å². The fourth-order valence-corrected chi connectivity index (χ4v) is 9.87. The smallest absolute Gasteiger partial charge is 0.417 e. The largest absolute Gasteiger partial charge is 0.809 e. The van der Waals surface area contributed by atoms with Gasteiger partial charge in [-0.1, -0.05) is 66.7 Å². The summed E-state index contributed by atoms with van der Waals surface area (Å²) < 4.78 is 106. The van der Waals surface area contributed by atoms with E-state index in [0.717, 1.165) is 23.3 Å². The van der Waals surface area contributed by atoms with E-state index < -0.39 is 56.4 Å². The second kappa shape index (κ2) is 19.8. The summed E-state index contributed by atoms with van der Waals surface area (Å²) in [6.07, 6.45) is -5.11. The predicted octanol–water partition coefficient (Wildman–Crippen LogP) is 5.27. The summed E-state index contributed by atoms with van der Waals surface area (Å²) in [5.74, 6) is -1.93. The van der Waals surface area contributed by atoms with Gasteiger partial charge in [0.1, 0.15) is 37.2 Å². The Bertz CT molecular complexity index is 2730. The molecule has 1 unspecified atom stereocenters. The quantitative estimate of drug-likeness (QED) is 0.0701. The van der Waals surface area contributed by atoms with Crippen LogP contribution in [0.15, 0.2) is 119 Å². The Labute approximate surface area is 357 Å². The number of nitrogens with zero attached hydrogens (tertiary/aromatic N) is 1. The van der Waals surface area contributed by atoms with Crippen LogP contribution in [-0.4, -0.2) is 40.6 Å². The van der Waals surface area contributed by atoms with Crippen LogP contribution in [0.4, 0.5) is 13.2 Å². The fraction of sp³-hybridized carbons (Fsp3) is 0.190. The molecule has 0 saturated carbocycles. The Morgan fingerprint density at radius 1 is 0.806 bits per heavy atom. The molecule has 0 saturated heterocycles. The lowest BCUT2D eigenvalue weighted by molar-refractivity contribution is -0.370. The molecule has 324 valence electrons. The average Bonchev–Trinajstić information content (AvgIpc) is 3.68. The van der Waals surface area contributed by atoms with Crippen molar-refractivity contribution in [2.45, 2.75) is 29.4 Å². The number of quaternary nitrogens is 1. The molecule has 1 aromatic heterocycles. The van der Waals surface area contributed by atoms with Crippen molar-refractivity contribution in [3.8, 4) is 29.1 Å². The van der Waals surface area contributed by atoms with Crippen LogP contribution in [0.5, 0.6) is 23.0 Å². The van der Waals surface area contributed by atoms with Crippen LogP contribution in [0.25, 0.3) is 10.1 Å². The Morgan fingerprint density at radius 3 is 2.03 bits per heavy atom. The summed E-state index contributed by atoms with van der Waals surface area (Å²) in [5.41, 5.74) is 2.66. The molecule has 0 aliphatic rings. The summed E-state index contributed by atoms with van der Waals surface area (Å²) in [6.45, 7) is 0.947. The molecule has 6 aromatic rings. The normalized spacial score (nSPS) is 12.3. The first-order valence-electron chi connectivity index (χ1n) is 18.6. The number of hydrogen-bond donors (Lipinski definition) is 3. The number of halogens is 3. The number of benzene rings is 5. The third-order valence-electron chi connectivity index (χ3n) is 8.92. The van der Waals surface area contributed by atoms with E-state index in [0.29, 0.717) is 40.1 Å². The van der Waals surface area contributed by atoms with Crippen LogP contribution < -0.4 is 44.5 Å². The predicted molar refractivity (Wildman–Crippen MR) is 218 cm³/mol. The Morgan fingerprint density at radius 2 is 1.42 bits per heavy atom. The van der Waals surface area contributed by atoms with Gasteiger partial charge in [-0.25, -0.2) is 8.42 Å². The zero-order valence-electron chi connectivity index (χ0n) is 32.4. The van der Waals surface area contributed by atoms with Crippen molar-refractivity contribution in [3.63, 3.8) is 0 Å². The molecule has 5 N–H and O–H groups in total. The zero-order valence-corrected chi connectivity index (χ0v) is 35.0. The number of nitriles is 1. The Kier molecular flexibility index (Phi) is 14.6. The maximum atomic E-state index is 13.6. The van der Waals surface area contributed by atoms with Crippen molar-refractivity contribution < 1.29 is 65.4 Å². The van der Waals surface area contributed by atoms with Crippen LogP contribution in [0.3, 0.4) is 0 Å². The van der Waals surface area contributed by atoms with Crippen molar-refractivity contribution in [2.75, 3.05) is 26.3 Å². The van der Waals surface area contributed by atoms with Crippen LogP contribution in [-0.2, 0) is 34.0 Å². The molecule has 5 aromatic carbocycles. The molecule has 0 aliphatic heterocycles. The summed E-state index contributed by atoms with van der Waals surface area (Å²) in [6, 6.07) is 30.9. The number of nitrogens with one attached hydrogen (secondary N) is 2. The van der Waals surface area contributed by atoms with Crippen molar-refractivity contribution >= 4 is 44.9 Å². The Hall–Kier alpha value is -5.97. The SMILES string of the molecule is N#Cc1ccc(C(NS(=O)(=O)c2cc3cc(OCCNC(=O)c4ccc(OCc5ccccc5)c(OCc5ccccc5)c4)c(OCC[NH3+])cc3s2)P(=O)([O-])[O-])cc1C(F)(F)F. The summed E-state index contributed by atoms with van der Waals surface area (Å²) in [5, 5.41) is 12.2. The number of sulfonamides is 1. The van der Waals surface area contributed by atoms with E-state index in [2.05, 4.69) is 11.1 Å². The minimum Gasteiger partial charge on any atom is -0.809 e. The van der Waals surface area contributed by atoms with Gasteiger partial charge in [0.2, 0.25) is 0 Å². The van der Waals surface area contributed by atoms with Crippen LogP contribution >= 0.6 is 18.9 Å². The molecule has 6 rings (SSSR count). The minimum absolute atomic E-state index is 0.0164. The molecule has 0 bridgehead atoms. The first-order chi connectivity index (χ1) is 29.6. The van der Waals surface area contributed by atoms with E-state index in [9.17, 15) is 40.7 Å². The van der Waals surface area contributed by atoms with Crippen molar-refractivity contribution in [3.05, 3.63) is 149 Å². The van der Waals surface area contributed by atoms with Gasteiger partial charge in [0.25, 0.3) is 15.9 Å². The van der Waals surface area contributed by atoms with E-state index in [1.807, 2.05) is 60.7 Å². The van der Waals surface area contributed by atoms with Crippen molar-refractivity contribution in [2.24, 2.45) is 0 Å². The van der Waals surface area contributed by atoms with Crippen molar-refractivity contribution in [1.29, 1.82) is 5.26 Å². The van der Waals surface area contributed by atoms with E-state index >= 15 is 0 Å². The highest BCUT2D eigenvalue weighted by atomic mass is 32.2. The molecule has 20 heteroatoms. The van der Waals surface area contributed by atoms with Gasteiger partial charge in [0.05, 0.1) is 29.5 Å². The molecule has 62 heavy (non-hydrogen) atoms. The van der Waals surface area contributed by atoms with Gasteiger partial charge < -0.3 is 44.3 Å². The van der Waals surface area contributed by atoms with Gasteiger partial charge in [-0.05, 0) is 72.1 Å². The van der Waals surface area contributed by atoms with E-state index in [1.54, 1.807) is 22.9 Å². The topological polar surface area (TPSA) is 227 Å². The number of carbonyl (C=O) groups excluding carboxylic acids is 1. The molecular formula is C42H37F3N4O10PS2-. The molecular weight excluding hydrogens is 873 g/mol. The van der Waals surface area contributed by atoms with Gasteiger partial charge in [0.15, 0.2) is 23.0 Å². The molecule has 1 atom stereocenters. The van der Waals surface area contributed by atoms with E-state index in [1.165, 1.54) is 18.2 Å². The molecule has 0 radical (unpaired) electrons. The second-order valence-corrected chi connectivity index (χ2v) is 18.0. The zero-order chi connectivity index (χ0) is 44.5. The number of rotatable bonds is 19. The third kappa shape index (κ3) is 11.7. The highest BCUT2D eigenvalue weighted by Crippen LogP contribution is 2.46. The number of ether oxygens (including phenoxy) is 4. The maximum Gasteiger partial charge on any atom is 0.417 e. The van der Waals surface area contributed by atoms with Gasteiger partial charge in [-0.15, -0.1) is 11.3 Å². The number of carbonyl (C=O) groups is 1. The minimum atomic E-state index is -5.97. The average molecular weight is 910 g/mol. The first-order valence-corrected chi connectivity index (χ1v) is 22.5. The van der Waals surface area contributed by atoms with Crippen molar-refractivity contribution in [1.82, 2.24) is 10.0 Å². The standard InChI is InChI=1S/C42H38F3N4O10PS2/c43-42(44,45)33-19-30(11-12-31(33)24-47)41(60(51,52)53)49-62(54,55)39-22-32-21-36(37(56-17-15-46)23-38(32)61-39)57-18-16-48-40(50)29-13-14-34(58-25-27-7-3-1-4-8-27)35(20-29)59-26-28-9-5-2-6-10-28/h1-14,19-23,41,49H,15-18,25-26,46H2,(H,48,50)(H2,51,52,53)/p-1. The summed E-state index contributed by atoms with van der Waals surface area (Å²) in [4.78, 5) is 37.8. The van der Waals surface area contributed by atoms with Gasteiger partial charge in [-0.3, -0.25) is 4.79 Å². The molecule has 14 nitrogen and oxygen atoms in total. The molecule has 0 aliphatic carbocycles. The number of fused-ring (bicyclic) bond motifs is 1. The molecule has 1 amide bonds. The molecule has 0 spiro atoms. The van der Waals surface area contributed by atoms with Crippen LogP contribution in [0.1, 0.15) is 44.0 Å². The molecule has 0 fully saturated rings. The maximum absolute atomic E-state index is 13.6. The number of hydrogen-bond acceptors (Lipinski definition) is 12. The third-order valence-corrected chi connectivity index (χ3v) is 13.1. The Balaban J connectivity index is 1.16. The summed E-state index contributed by atoms with van der Waals surface area (Å²) in [7, 11) is -10.8. The van der Waals surface area contributed by atoms with Crippen LogP contribution in [0, 0.1) is 11.3 Å². The first kappa shape index (κ1) is 45.6. The number of thiophene rings is 1. The lowest BCUT2D eigenvalue weighted by Gasteiger charge is -2.38. The van der Waals surface area contributed by atoms with Gasteiger partial charge >= 0.3 is 6.18 Å². The van der Waals surface area contributed by atoms with Gasteiger partial charge in [-0.2, -0.15) is 23.2 Å². The number of amides is 1. The lowest BCUT2D eigenvalue weighted by atomic mass is 10.0. The van der Waals surface area contributed by atoms with Gasteiger partial charge in [0, 0.05) is 16.3 Å². The summed E-state index contributed by atoms with van der Waals surface area (Å²) >= 11 is 0.663. The lowest BCUT2D eigenvalue weighted by Crippen LogP contribution is -2.52. The van der Waals surface area contributed by atoms with E-state index in [4.69, 9.17) is 24.2 Å². The van der Waals surface area contributed by atoms with E-state index in [-0.39, 0.29) is 61.5 Å².